The number of benzene rings is 1. The van der Waals surface area contributed by atoms with Crippen molar-refractivity contribution in [1.82, 2.24) is 10.5 Å². The van der Waals surface area contributed by atoms with Gasteiger partial charge in [-0.05, 0) is 24.6 Å². The zero-order chi connectivity index (χ0) is 13.8. The molecule has 0 unspecified atom stereocenters. The monoisotopic (exact) mass is 324 g/mol. The molecule has 2 rings (SSSR count). The van der Waals surface area contributed by atoms with Crippen molar-refractivity contribution >= 4 is 21.8 Å². The smallest absolute Gasteiger partial charge is 0.290 e. The van der Waals surface area contributed by atoms with Gasteiger partial charge >= 0.3 is 0 Å². The van der Waals surface area contributed by atoms with E-state index >= 15 is 0 Å². The number of aliphatic hydroxyl groups is 1. The number of aromatic nitrogens is 1. The van der Waals surface area contributed by atoms with Gasteiger partial charge in [-0.15, -0.1) is 0 Å². The predicted octanol–water partition coefficient (Wildman–Crippen LogP) is 2.21. The Labute approximate surface area is 118 Å². The number of hydrogen-bond donors (Lipinski definition) is 2. The maximum Gasteiger partial charge on any atom is 0.290 e. The van der Waals surface area contributed by atoms with Gasteiger partial charge in [0.25, 0.3) is 5.91 Å². The van der Waals surface area contributed by atoms with Crippen LogP contribution in [-0.4, -0.2) is 22.7 Å². The van der Waals surface area contributed by atoms with Crippen LogP contribution < -0.4 is 5.32 Å². The van der Waals surface area contributed by atoms with E-state index in [1.54, 1.807) is 25.1 Å². The summed E-state index contributed by atoms with van der Waals surface area (Å²) in [5.74, 6) is -0.256. The summed E-state index contributed by atoms with van der Waals surface area (Å²) in [7, 11) is 0. The molecule has 1 amide bonds. The van der Waals surface area contributed by atoms with Gasteiger partial charge in [0.2, 0.25) is 5.76 Å². The molecule has 1 heterocycles. The van der Waals surface area contributed by atoms with E-state index in [0.717, 1.165) is 10.0 Å². The first kappa shape index (κ1) is 13.8. The van der Waals surface area contributed by atoms with Crippen LogP contribution in [0.5, 0.6) is 0 Å². The highest BCUT2D eigenvalue weighted by Gasteiger charge is 2.14. The lowest BCUT2D eigenvalue weighted by Gasteiger charge is -2.11. The van der Waals surface area contributed by atoms with Crippen LogP contribution in [0.1, 0.15) is 27.9 Å². The second-order valence-corrected chi connectivity index (χ2v) is 5.03. The molecule has 0 aliphatic heterocycles. The topological polar surface area (TPSA) is 75.4 Å². The number of halogens is 1. The Morgan fingerprint density at radius 3 is 2.95 bits per heavy atom. The molecule has 0 radical (unpaired) electrons. The molecule has 100 valence electrons. The highest BCUT2D eigenvalue weighted by molar-refractivity contribution is 9.10. The van der Waals surface area contributed by atoms with Crippen LogP contribution in [0.15, 0.2) is 39.3 Å². The van der Waals surface area contributed by atoms with Gasteiger partial charge in [-0.25, -0.2) is 0 Å². The lowest BCUT2D eigenvalue weighted by atomic mass is 10.1. The summed E-state index contributed by atoms with van der Waals surface area (Å²) in [4.78, 5) is 11.7. The normalized spacial score (nSPS) is 12.2. The van der Waals surface area contributed by atoms with Crippen LogP contribution in [0.4, 0.5) is 0 Å². The Morgan fingerprint density at radius 2 is 2.32 bits per heavy atom. The number of rotatable bonds is 4. The number of nitrogens with one attached hydrogen (secondary N) is 1. The summed E-state index contributed by atoms with van der Waals surface area (Å²) in [5, 5.41) is 16.2. The minimum absolute atomic E-state index is 0.106. The fourth-order valence-electron chi connectivity index (χ4n) is 1.58. The first-order valence-corrected chi connectivity index (χ1v) is 6.50. The largest absolute Gasteiger partial charge is 0.387 e. The highest BCUT2D eigenvalue weighted by Crippen LogP contribution is 2.17. The van der Waals surface area contributed by atoms with Gasteiger partial charge in [0.15, 0.2) is 0 Å². The van der Waals surface area contributed by atoms with Gasteiger partial charge in [-0.3, -0.25) is 4.79 Å². The van der Waals surface area contributed by atoms with E-state index in [9.17, 15) is 9.90 Å². The molecular weight excluding hydrogens is 312 g/mol. The molecule has 1 aromatic carbocycles. The molecule has 0 bridgehead atoms. The van der Waals surface area contributed by atoms with Crippen LogP contribution in [-0.2, 0) is 0 Å². The summed E-state index contributed by atoms with van der Waals surface area (Å²) in [5.41, 5.74) is 1.36. The van der Waals surface area contributed by atoms with E-state index < -0.39 is 12.0 Å². The molecule has 1 atom stereocenters. The van der Waals surface area contributed by atoms with Crippen molar-refractivity contribution < 1.29 is 14.4 Å². The second-order valence-electron chi connectivity index (χ2n) is 4.11. The molecule has 0 saturated carbocycles. The number of carbonyl (C=O) groups is 1. The second kappa shape index (κ2) is 5.99. The van der Waals surface area contributed by atoms with Gasteiger partial charge < -0.3 is 14.9 Å². The van der Waals surface area contributed by atoms with Crippen molar-refractivity contribution in [1.29, 1.82) is 0 Å². The van der Waals surface area contributed by atoms with Crippen molar-refractivity contribution in [3.63, 3.8) is 0 Å². The van der Waals surface area contributed by atoms with E-state index in [1.807, 2.05) is 12.1 Å². The molecule has 19 heavy (non-hydrogen) atoms. The summed E-state index contributed by atoms with van der Waals surface area (Å²) >= 11 is 3.33. The third-order valence-corrected chi connectivity index (χ3v) is 3.03. The third kappa shape index (κ3) is 3.65. The molecular formula is C13H13BrN2O3. The number of amides is 1. The van der Waals surface area contributed by atoms with Gasteiger partial charge in [-0.2, -0.15) is 0 Å². The standard InChI is InChI=1S/C13H13BrN2O3/c1-8-5-12(19-16-8)13(18)15-7-11(17)9-3-2-4-10(14)6-9/h2-6,11,17H,7H2,1H3,(H,15,18)/t11-/m1/s1. The molecule has 6 heteroatoms. The quantitative estimate of drug-likeness (QED) is 0.904. The molecule has 5 nitrogen and oxygen atoms in total. The number of aliphatic hydroxyl groups excluding tert-OH is 1. The molecule has 0 fully saturated rings. The van der Waals surface area contributed by atoms with E-state index in [0.29, 0.717) is 5.69 Å². The molecule has 2 aromatic rings. The van der Waals surface area contributed by atoms with Crippen molar-refractivity contribution in [2.75, 3.05) is 6.54 Å². The average molecular weight is 325 g/mol. The molecule has 1 aromatic heterocycles. The average Bonchev–Trinajstić information content (AvgIpc) is 2.82. The highest BCUT2D eigenvalue weighted by atomic mass is 79.9. The van der Waals surface area contributed by atoms with Crippen molar-refractivity contribution in [2.24, 2.45) is 0 Å². The Balaban J connectivity index is 1.93. The van der Waals surface area contributed by atoms with Crippen LogP contribution in [0.2, 0.25) is 0 Å². The van der Waals surface area contributed by atoms with E-state index in [1.165, 1.54) is 0 Å². The third-order valence-electron chi connectivity index (χ3n) is 2.54. The Hall–Kier alpha value is -1.66. The lowest BCUT2D eigenvalue weighted by molar-refractivity contribution is 0.0880. The van der Waals surface area contributed by atoms with Gasteiger partial charge in [0, 0.05) is 17.1 Å². The summed E-state index contributed by atoms with van der Waals surface area (Å²) < 4.78 is 5.71. The number of aryl methyl sites for hydroxylation is 1. The van der Waals surface area contributed by atoms with Crippen LogP contribution >= 0.6 is 15.9 Å². The van der Waals surface area contributed by atoms with Gasteiger partial charge in [-0.1, -0.05) is 33.2 Å². The first-order valence-electron chi connectivity index (χ1n) is 5.71. The summed E-state index contributed by atoms with van der Waals surface area (Å²) in [6.07, 6.45) is -0.773. The van der Waals surface area contributed by atoms with Crippen LogP contribution in [0.25, 0.3) is 0 Å². The van der Waals surface area contributed by atoms with E-state index in [-0.39, 0.29) is 12.3 Å². The van der Waals surface area contributed by atoms with Gasteiger partial charge in [0.05, 0.1) is 11.8 Å². The zero-order valence-electron chi connectivity index (χ0n) is 10.3. The first-order chi connectivity index (χ1) is 9.06. The molecule has 0 aliphatic carbocycles. The predicted molar refractivity (Wildman–Crippen MR) is 72.7 cm³/mol. The number of hydrogen-bond acceptors (Lipinski definition) is 4. The zero-order valence-corrected chi connectivity index (χ0v) is 11.8. The summed E-state index contributed by atoms with van der Waals surface area (Å²) in [6, 6.07) is 8.83. The molecule has 0 aliphatic rings. The maximum atomic E-state index is 11.7. The number of nitrogens with zero attached hydrogens (tertiary/aromatic N) is 1. The Morgan fingerprint density at radius 1 is 1.53 bits per heavy atom. The van der Waals surface area contributed by atoms with Crippen LogP contribution in [0, 0.1) is 6.92 Å². The fourth-order valence-corrected chi connectivity index (χ4v) is 2.00. The van der Waals surface area contributed by atoms with Crippen molar-refractivity contribution in [3.8, 4) is 0 Å². The van der Waals surface area contributed by atoms with Gasteiger partial charge in [0.1, 0.15) is 0 Å². The minimum atomic E-state index is -0.773. The van der Waals surface area contributed by atoms with E-state index in [2.05, 4.69) is 26.4 Å². The van der Waals surface area contributed by atoms with E-state index in [4.69, 9.17) is 4.52 Å². The van der Waals surface area contributed by atoms with Crippen LogP contribution in [0.3, 0.4) is 0 Å². The molecule has 0 saturated heterocycles. The Bertz CT molecular complexity index is 583. The van der Waals surface area contributed by atoms with Crippen molar-refractivity contribution in [2.45, 2.75) is 13.0 Å². The summed E-state index contributed by atoms with van der Waals surface area (Å²) in [6.45, 7) is 1.84. The Kier molecular flexibility index (Phi) is 4.34. The molecule has 2 N–H and O–H groups in total. The lowest BCUT2D eigenvalue weighted by Crippen LogP contribution is -2.28. The SMILES string of the molecule is Cc1cc(C(=O)NC[C@@H](O)c2cccc(Br)c2)on1. The minimum Gasteiger partial charge on any atom is -0.387 e. The number of carbonyl (C=O) groups excluding carboxylic acids is 1. The van der Waals surface area contributed by atoms with Crippen molar-refractivity contribution in [3.05, 3.63) is 51.8 Å². The molecule has 0 spiro atoms. The fraction of sp³-hybridized carbons (Fsp3) is 0.231. The maximum absolute atomic E-state index is 11.7.